The third kappa shape index (κ3) is 2.82. The first-order valence-electron chi connectivity index (χ1n) is 7.20. The van der Waals surface area contributed by atoms with Gasteiger partial charge in [0.25, 0.3) is 0 Å². The summed E-state index contributed by atoms with van der Waals surface area (Å²) in [7, 11) is -3.86. The Hall–Kier alpha value is -1.05. The Morgan fingerprint density at radius 2 is 1.81 bits per heavy atom. The lowest BCUT2D eigenvalue weighted by atomic mass is 10.1. The lowest BCUT2D eigenvalue weighted by Crippen LogP contribution is -2.46. The zero-order valence-corrected chi connectivity index (χ0v) is 12.4. The second-order valence-corrected chi connectivity index (χ2v) is 7.52. The number of nitrogens with zero attached hydrogens (tertiary/aromatic N) is 1. The van der Waals surface area contributed by atoms with Gasteiger partial charge in [-0.05, 0) is 44.4 Å². The van der Waals surface area contributed by atoms with Gasteiger partial charge >= 0.3 is 0 Å². The first-order valence-corrected chi connectivity index (χ1v) is 8.64. The van der Waals surface area contributed by atoms with E-state index < -0.39 is 21.7 Å². The van der Waals surface area contributed by atoms with Crippen LogP contribution in [0.25, 0.3) is 0 Å². The molecule has 0 aliphatic carbocycles. The van der Waals surface area contributed by atoms with Crippen molar-refractivity contribution >= 4 is 10.0 Å². The van der Waals surface area contributed by atoms with Crippen molar-refractivity contribution in [1.82, 2.24) is 9.62 Å². The molecule has 0 bridgehead atoms. The standard InChI is InChI=1S/C14H18F2N2O2S/c15-10-7-11(16)9-12(8-10)21(19,20)18-6-2-4-14(18)13-3-1-5-17-13/h7-9,13-14,17H,1-6H2. The van der Waals surface area contributed by atoms with Crippen LogP contribution in [0.2, 0.25) is 0 Å². The van der Waals surface area contributed by atoms with Gasteiger partial charge in [0.15, 0.2) is 0 Å². The molecule has 2 heterocycles. The van der Waals surface area contributed by atoms with Crippen LogP contribution in [-0.4, -0.2) is 37.9 Å². The van der Waals surface area contributed by atoms with Crippen LogP contribution in [0.4, 0.5) is 8.78 Å². The summed E-state index contributed by atoms with van der Waals surface area (Å²) < 4.78 is 53.4. The van der Waals surface area contributed by atoms with Gasteiger partial charge in [0.05, 0.1) is 4.90 Å². The molecule has 4 nitrogen and oxygen atoms in total. The van der Waals surface area contributed by atoms with Crippen LogP contribution in [0.5, 0.6) is 0 Å². The van der Waals surface area contributed by atoms with Gasteiger partial charge in [0.2, 0.25) is 10.0 Å². The predicted molar refractivity (Wildman–Crippen MR) is 74.3 cm³/mol. The van der Waals surface area contributed by atoms with E-state index in [1.54, 1.807) is 0 Å². The SMILES string of the molecule is O=S(=O)(c1cc(F)cc(F)c1)N1CCCC1C1CCCN1. The smallest absolute Gasteiger partial charge is 0.243 e. The third-order valence-electron chi connectivity index (χ3n) is 4.25. The fraction of sp³-hybridized carbons (Fsp3) is 0.571. The minimum atomic E-state index is -3.86. The van der Waals surface area contributed by atoms with E-state index in [-0.39, 0.29) is 17.0 Å². The van der Waals surface area contributed by atoms with E-state index >= 15 is 0 Å². The van der Waals surface area contributed by atoms with Gasteiger partial charge in [0.1, 0.15) is 11.6 Å². The summed E-state index contributed by atoms with van der Waals surface area (Å²) >= 11 is 0. The molecule has 0 spiro atoms. The van der Waals surface area contributed by atoms with Crippen molar-refractivity contribution in [2.24, 2.45) is 0 Å². The zero-order valence-electron chi connectivity index (χ0n) is 11.6. The molecule has 1 N–H and O–H groups in total. The Kier molecular flexibility index (Phi) is 3.98. The lowest BCUT2D eigenvalue weighted by Gasteiger charge is -2.28. The monoisotopic (exact) mass is 316 g/mol. The molecule has 1 aromatic carbocycles. The topological polar surface area (TPSA) is 49.4 Å². The maximum atomic E-state index is 13.3. The van der Waals surface area contributed by atoms with Crippen molar-refractivity contribution in [2.75, 3.05) is 13.1 Å². The van der Waals surface area contributed by atoms with Crippen LogP contribution in [0.15, 0.2) is 23.1 Å². The largest absolute Gasteiger partial charge is 0.312 e. The summed E-state index contributed by atoms with van der Waals surface area (Å²) in [6.45, 7) is 1.30. The molecule has 2 aliphatic rings. The fourth-order valence-electron chi connectivity index (χ4n) is 3.32. The highest BCUT2D eigenvalue weighted by molar-refractivity contribution is 7.89. The number of halogens is 2. The van der Waals surface area contributed by atoms with Crippen molar-refractivity contribution in [3.8, 4) is 0 Å². The van der Waals surface area contributed by atoms with Crippen molar-refractivity contribution < 1.29 is 17.2 Å². The van der Waals surface area contributed by atoms with Crippen LogP contribution in [-0.2, 0) is 10.0 Å². The van der Waals surface area contributed by atoms with E-state index in [2.05, 4.69) is 5.32 Å². The van der Waals surface area contributed by atoms with E-state index in [1.165, 1.54) is 4.31 Å². The molecule has 2 aliphatic heterocycles. The number of hydrogen-bond donors (Lipinski definition) is 1. The molecular formula is C14H18F2N2O2S. The predicted octanol–water partition coefficient (Wildman–Crippen LogP) is 1.87. The van der Waals surface area contributed by atoms with Crippen molar-refractivity contribution in [3.05, 3.63) is 29.8 Å². The average molecular weight is 316 g/mol. The Labute approximate surface area is 123 Å². The van der Waals surface area contributed by atoms with Crippen LogP contribution >= 0.6 is 0 Å². The number of rotatable bonds is 3. The average Bonchev–Trinajstić information content (AvgIpc) is 3.08. The number of nitrogens with one attached hydrogen (secondary N) is 1. The second kappa shape index (κ2) is 5.62. The van der Waals surface area contributed by atoms with Gasteiger partial charge in [-0.15, -0.1) is 0 Å². The summed E-state index contributed by atoms with van der Waals surface area (Å²) in [5.74, 6) is -1.74. The summed E-state index contributed by atoms with van der Waals surface area (Å²) in [5, 5.41) is 3.32. The highest BCUT2D eigenvalue weighted by Gasteiger charge is 2.40. The number of sulfonamides is 1. The van der Waals surface area contributed by atoms with E-state index in [9.17, 15) is 17.2 Å². The van der Waals surface area contributed by atoms with Crippen LogP contribution in [0, 0.1) is 11.6 Å². The molecule has 0 radical (unpaired) electrons. The first kappa shape index (κ1) is 14.9. The maximum absolute atomic E-state index is 13.3. The summed E-state index contributed by atoms with van der Waals surface area (Å²) in [6.07, 6.45) is 3.53. The van der Waals surface area contributed by atoms with E-state index in [0.29, 0.717) is 12.6 Å². The molecular weight excluding hydrogens is 298 g/mol. The quantitative estimate of drug-likeness (QED) is 0.926. The molecule has 21 heavy (non-hydrogen) atoms. The molecule has 3 rings (SSSR count). The molecule has 7 heteroatoms. The molecule has 0 saturated carbocycles. The Balaban J connectivity index is 1.92. The molecule has 1 aromatic rings. The van der Waals surface area contributed by atoms with Gasteiger partial charge in [-0.2, -0.15) is 4.31 Å². The summed E-state index contributed by atoms with van der Waals surface area (Å²) in [6, 6.07) is 2.47. The highest BCUT2D eigenvalue weighted by atomic mass is 32.2. The van der Waals surface area contributed by atoms with Gasteiger partial charge < -0.3 is 5.32 Å². The third-order valence-corrected chi connectivity index (χ3v) is 6.16. The summed E-state index contributed by atoms with van der Waals surface area (Å²) in [4.78, 5) is -0.301. The first-order chi connectivity index (χ1) is 9.98. The normalized spacial score (nSPS) is 27.3. The molecule has 2 atom stereocenters. The van der Waals surface area contributed by atoms with Gasteiger partial charge in [-0.1, -0.05) is 0 Å². The molecule has 0 amide bonds. The van der Waals surface area contributed by atoms with Crippen LogP contribution in [0.3, 0.4) is 0 Å². The molecule has 0 aromatic heterocycles. The molecule has 2 saturated heterocycles. The van der Waals surface area contributed by atoms with Crippen molar-refractivity contribution in [2.45, 2.75) is 42.7 Å². The molecule has 2 unspecified atom stereocenters. The second-order valence-electron chi connectivity index (χ2n) is 5.63. The minimum absolute atomic E-state index is 0.121. The van der Waals surface area contributed by atoms with E-state index in [4.69, 9.17) is 0 Å². The number of hydrogen-bond acceptors (Lipinski definition) is 3. The Bertz CT molecular complexity index is 610. The van der Waals surface area contributed by atoms with Crippen molar-refractivity contribution in [3.63, 3.8) is 0 Å². The lowest BCUT2D eigenvalue weighted by molar-refractivity contribution is 0.321. The Morgan fingerprint density at radius 3 is 2.43 bits per heavy atom. The highest BCUT2D eigenvalue weighted by Crippen LogP contribution is 2.30. The Morgan fingerprint density at radius 1 is 1.10 bits per heavy atom. The van der Waals surface area contributed by atoms with Gasteiger partial charge in [-0.3, -0.25) is 0 Å². The molecule has 2 fully saturated rings. The van der Waals surface area contributed by atoms with Gasteiger partial charge in [0, 0.05) is 24.7 Å². The summed E-state index contributed by atoms with van der Waals surface area (Å²) in [5.41, 5.74) is 0. The van der Waals surface area contributed by atoms with Crippen LogP contribution in [0.1, 0.15) is 25.7 Å². The zero-order chi connectivity index (χ0) is 15.0. The minimum Gasteiger partial charge on any atom is -0.312 e. The van der Waals surface area contributed by atoms with Crippen molar-refractivity contribution in [1.29, 1.82) is 0 Å². The van der Waals surface area contributed by atoms with E-state index in [0.717, 1.165) is 44.4 Å². The van der Waals surface area contributed by atoms with Crippen LogP contribution < -0.4 is 5.32 Å². The maximum Gasteiger partial charge on any atom is 0.243 e. The number of benzene rings is 1. The van der Waals surface area contributed by atoms with Gasteiger partial charge in [-0.25, -0.2) is 17.2 Å². The molecule has 116 valence electrons. The fourth-order valence-corrected chi connectivity index (χ4v) is 5.09. The van der Waals surface area contributed by atoms with E-state index in [1.807, 2.05) is 0 Å².